The van der Waals surface area contributed by atoms with Crippen molar-refractivity contribution in [3.8, 4) is 0 Å². The normalized spacial score (nSPS) is 44.0. The van der Waals surface area contributed by atoms with E-state index in [0.717, 1.165) is 0 Å². The van der Waals surface area contributed by atoms with Crippen LogP contribution in [0.2, 0.25) is 0 Å². The van der Waals surface area contributed by atoms with E-state index in [2.05, 4.69) is 4.74 Å². The zero-order chi connectivity index (χ0) is 30.4. The van der Waals surface area contributed by atoms with E-state index in [1.165, 1.54) is 0 Å². The molecule has 0 aromatic rings. The van der Waals surface area contributed by atoms with Crippen LogP contribution in [-0.4, -0.2) is 183 Å². The average molecular weight is 605 g/mol. The maximum absolute atomic E-state index is 10.8. The fourth-order valence-electron chi connectivity index (χ4n) is 4.45. The van der Waals surface area contributed by atoms with Crippen LogP contribution in [0.3, 0.4) is 0 Å². The average Bonchev–Trinajstić information content (AvgIpc) is 2.96. The van der Waals surface area contributed by atoms with E-state index >= 15 is 0 Å². The minimum Gasteiger partial charge on any atom is -0.437 e. The first-order valence-electron chi connectivity index (χ1n) is 12.5. The van der Waals surface area contributed by atoms with Gasteiger partial charge in [0.25, 0.3) is 6.47 Å². The molecule has 3 rings (SSSR count). The van der Waals surface area contributed by atoms with E-state index in [1.54, 1.807) is 0 Å². The molecule has 0 aliphatic carbocycles. The van der Waals surface area contributed by atoms with Crippen molar-refractivity contribution < 1.29 is 93.8 Å². The van der Waals surface area contributed by atoms with Gasteiger partial charge in [0.05, 0.1) is 38.4 Å². The van der Waals surface area contributed by atoms with Crippen LogP contribution >= 0.6 is 0 Å². The van der Waals surface area contributed by atoms with Crippen LogP contribution in [0.5, 0.6) is 0 Å². The number of hydrogen-bond acceptors (Lipinski definition) is 19. The van der Waals surface area contributed by atoms with E-state index < -0.39 is 125 Å². The van der Waals surface area contributed by atoms with E-state index in [9.17, 15) is 60.7 Å². The molecule has 0 bridgehead atoms. The van der Waals surface area contributed by atoms with Gasteiger partial charge in [-0.05, 0) is 0 Å². The molecule has 0 spiro atoms. The molecule has 3 aliphatic rings. The quantitative estimate of drug-likeness (QED) is 0.0873. The summed E-state index contributed by atoms with van der Waals surface area (Å²) < 4.78 is 37.1. The molecule has 0 aromatic heterocycles. The Balaban J connectivity index is 1.69. The molecule has 0 radical (unpaired) electrons. The third kappa shape index (κ3) is 7.72. The predicted octanol–water partition coefficient (Wildman–Crippen LogP) is -7.60. The minimum absolute atomic E-state index is 0.0000752. The molecule has 3 heterocycles. The molecule has 16 atom stereocenters. The second-order valence-corrected chi connectivity index (χ2v) is 9.62. The van der Waals surface area contributed by atoms with Gasteiger partial charge in [-0.1, -0.05) is 0 Å². The summed E-state index contributed by atoms with van der Waals surface area (Å²) >= 11 is 0. The van der Waals surface area contributed by atoms with Crippen molar-refractivity contribution >= 4 is 12.8 Å². The van der Waals surface area contributed by atoms with E-state index in [0.29, 0.717) is 0 Å². The monoisotopic (exact) mass is 604 g/mol. The number of carbonyl (C=O) groups is 2. The fourth-order valence-corrected chi connectivity index (χ4v) is 4.45. The zero-order valence-electron chi connectivity index (χ0n) is 21.4. The first-order valence-corrected chi connectivity index (χ1v) is 12.5. The molecule has 0 saturated carbocycles. The van der Waals surface area contributed by atoms with Gasteiger partial charge in [-0.25, -0.2) is 0 Å². The summed E-state index contributed by atoms with van der Waals surface area (Å²) in [5.74, 6) is -1.25. The van der Waals surface area contributed by atoms with Gasteiger partial charge >= 0.3 is 0 Å². The second-order valence-electron chi connectivity index (χ2n) is 9.62. The van der Waals surface area contributed by atoms with Gasteiger partial charge in [0.15, 0.2) is 25.2 Å². The Bertz CT molecular complexity index is 820. The van der Waals surface area contributed by atoms with Gasteiger partial charge in [0.2, 0.25) is 6.29 Å². The number of aliphatic hydroxyl groups is 10. The highest BCUT2D eigenvalue weighted by Crippen LogP contribution is 2.32. The van der Waals surface area contributed by atoms with Crippen LogP contribution in [0.1, 0.15) is 0 Å². The Morgan fingerprint density at radius 1 is 0.780 bits per heavy atom. The largest absolute Gasteiger partial charge is 0.437 e. The second kappa shape index (κ2) is 15.3. The SMILES string of the molecule is O=COC1O[C@H](OC2C(O)[C@H](O)CO[C@H]2O[C@@H]2CO[C@@H](OC(CO)C(O)C(O)C=O)C(O)[C@H]2O)C(O)[C@@H](O)[C@@H]1CO. The summed E-state index contributed by atoms with van der Waals surface area (Å²) in [5, 5.41) is 101. The number of ether oxygens (including phenoxy) is 7. The number of carbonyl (C=O) groups excluding carboxylic acids is 2. The standard InChI is InChI=1S/C22H36O19/c23-1-7-12(29)16(33)21(41-19(7)37-6-26)40-18-14(31)9(28)4-35-22(18)39-11-5-36-20(17(34)15(11)32)38-10(3-25)13(30)8(27)2-24/h2,6-23,25,27-34H,1,3-5H2/t7-,8?,9+,10?,11+,12-,13?,14?,15-,16?,17?,18?,19?,20-,21-,22-/m0/s1. The van der Waals surface area contributed by atoms with Gasteiger partial charge in [-0.3, -0.25) is 4.79 Å². The van der Waals surface area contributed by atoms with Gasteiger partial charge < -0.3 is 89.0 Å². The Labute approximate surface area is 231 Å². The van der Waals surface area contributed by atoms with Crippen LogP contribution in [0, 0.1) is 5.92 Å². The maximum Gasteiger partial charge on any atom is 0.295 e. The van der Waals surface area contributed by atoms with Crippen molar-refractivity contribution in [1.29, 1.82) is 0 Å². The summed E-state index contributed by atoms with van der Waals surface area (Å²) in [7, 11) is 0. The number of rotatable bonds is 13. The molecular weight excluding hydrogens is 568 g/mol. The van der Waals surface area contributed by atoms with E-state index in [1.807, 2.05) is 0 Å². The lowest BCUT2D eigenvalue weighted by Gasteiger charge is -2.46. The van der Waals surface area contributed by atoms with Crippen LogP contribution in [-0.2, 0) is 42.7 Å². The van der Waals surface area contributed by atoms with Crippen LogP contribution < -0.4 is 0 Å². The first-order chi connectivity index (χ1) is 19.5. The number of aliphatic hydroxyl groups excluding tert-OH is 10. The molecule has 0 amide bonds. The maximum atomic E-state index is 10.8. The molecule has 238 valence electrons. The lowest BCUT2D eigenvalue weighted by Crippen LogP contribution is -2.63. The molecule has 8 unspecified atom stereocenters. The van der Waals surface area contributed by atoms with E-state index in [-0.39, 0.29) is 12.8 Å². The highest BCUT2D eigenvalue weighted by atomic mass is 16.8. The molecule has 3 aliphatic heterocycles. The molecule has 19 heteroatoms. The lowest BCUT2D eigenvalue weighted by atomic mass is 9.94. The van der Waals surface area contributed by atoms with Crippen molar-refractivity contribution in [3.63, 3.8) is 0 Å². The summed E-state index contributed by atoms with van der Waals surface area (Å²) in [6.07, 6.45) is -25.7. The lowest BCUT2D eigenvalue weighted by molar-refractivity contribution is -0.384. The Kier molecular flexibility index (Phi) is 12.7. The van der Waals surface area contributed by atoms with Crippen molar-refractivity contribution in [2.75, 3.05) is 26.4 Å². The summed E-state index contributed by atoms with van der Waals surface area (Å²) in [4.78, 5) is 21.5. The predicted molar refractivity (Wildman–Crippen MR) is 122 cm³/mol. The Hall–Kier alpha value is -1.50. The molecular formula is C22H36O19. The number of hydrogen-bond donors (Lipinski definition) is 10. The Morgan fingerprint density at radius 2 is 1.44 bits per heavy atom. The smallest absolute Gasteiger partial charge is 0.295 e. The molecule has 19 nitrogen and oxygen atoms in total. The third-order valence-electron chi connectivity index (χ3n) is 6.91. The summed E-state index contributed by atoms with van der Waals surface area (Å²) in [6, 6.07) is 0. The molecule has 41 heavy (non-hydrogen) atoms. The molecule has 3 saturated heterocycles. The third-order valence-corrected chi connectivity index (χ3v) is 6.91. The molecule has 10 N–H and O–H groups in total. The highest BCUT2D eigenvalue weighted by molar-refractivity contribution is 5.56. The van der Waals surface area contributed by atoms with Crippen molar-refractivity contribution in [2.45, 2.75) is 92.3 Å². The summed E-state index contributed by atoms with van der Waals surface area (Å²) in [5.41, 5.74) is 0. The van der Waals surface area contributed by atoms with Gasteiger partial charge in [-0.15, -0.1) is 0 Å². The fraction of sp³-hybridized carbons (Fsp3) is 0.909. The van der Waals surface area contributed by atoms with Gasteiger partial charge in [0, 0.05) is 0 Å². The molecule has 0 aromatic carbocycles. The van der Waals surface area contributed by atoms with Crippen molar-refractivity contribution in [1.82, 2.24) is 0 Å². The Morgan fingerprint density at radius 3 is 2.05 bits per heavy atom. The molecule has 3 fully saturated rings. The number of aldehydes is 1. The minimum atomic E-state index is -1.92. The van der Waals surface area contributed by atoms with Crippen molar-refractivity contribution in [2.24, 2.45) is 5.92 Å². The topological polar surface area (TPSA) is 301 Å². The van der Waals surface area contributed by atoms with Gasteiger partial charge in [-0.2, -0.15) is 0 Å². The zero-order valence-corrected chi connectivity index (χ0v) is 21.4. The van der Waals surface area contributed by atoms with Crippen molar-refractivity contribution in [3.05, 3.63) is 0 Å². The summed E-state index contributed by atoms with van der Waals surface area (Å²) in [6.45, 7) is -2.67. The van der Waals surface area contributed by atoms with E-state index in [4.69, 9.17) is 28.4 Å². The van der Waals surface area contributed by atoms with Crippen LogP contribution in [0.15, 0.2) is 0 Å². The van der Waals surface area contributed by atoms with Crippen LogP contribution in [0.25, 0.3) is 0 Å². The highest BCUT2D eigenvalue weighted by Gasteiger charge is 2.51. The first kappa shape index (κ1) is 34.0. The van der Waals surface area contributed by atoms with Crippen LogP contribution in [0.4, 0.5) is 0 Å². The van der Waals surface area contributed by atoms with Gasteiger partial charge in [0.1, 0.15) is 61.0 Å².